The van der Waals surface area contributed by atoms with Crippen LogP contribution in [0.25, 0.3) is 0 Å². The number of rotatable bonds is 4. The lowest BCUT2D eigenvalue weighted by Gasteiger charge is -2.23. The average Bonchev–Trinajstić information content (AvgIpc) is 1.98. The van der Waals surface area contributed by atoms with Gasteiger partial charge >= 0.3 is 7.82 Å². The van der Waals surface area contributed by atoms with Crippen molar-refractivity contribution >= 4 is 7.82 Å². The molecule has 1 atom stereocenters. The second-order valence-electron chi connectivity index (χ2n) is 2.21. The van der Waals surface area contributed by atoms with Gasteiger partial charge in [0.05, 0.1) is 0 Å². The molecule has 0 aliphatic heterocycles. The Hall–Kier alpha value is -0.450. The van der Waals surface area contributed by atoms with E-state index in [1.807, 2.05) is 0 Å². The zero-order valence-electron chi connectivity index (χ0n) is 6.36. The van der Waals surface area contributed by atoms with Crippen LogP contribution in [-0.2, 0) is 9.09 Å². The Balaban J connectivity index is 4.33. The molecular formula is C5H9O7P. The van der Waals surface area contributed by atoms with Gasteiger partial charge in [0.15, 0.2) is 11.9 Å². The fourth-order valence-corrected chi connectivity index (χ4v) is 0.738. The summed E-state index contributed by atoms with van der Waals surface area (Å²) in [7, 11) is -4.79. The van der Waals surface area contributed by atoms with Gasteiger partial charge in [-0.25, -0.2) is 4.57 Å². The Labute approximate surface area is 73.8 Å². The lowest BCUT2D eigenvalue weighted by atomic mass is 10.1. The molecule has 0 bridgehead atoms. The third-order valence-electron chi connectivity index (χ3n) is 1.13. The largest absolute Gasteiger partial charge is 0.469 e. The summed E-state index contributed by atoms with van der Waals surface area (Å²) in [5.74, 6) is 1.54. The van der Waals surface area contributed by atoms with Gasteiger partial charge in [-0.05, 0) is 0 Å². The highest BCUT2D eigenvalue weighted by molar-refractivity contribution is 7.46. The molecule has 0 spiro atoms. The molecule has 5 N–H and O–H groups in total. The molecule has 0 aromatic rings. The van der Waals surface area contributed by atoms with E-state index in [4.69, 9.17) is 25.1 Å². The number of phosphoric ester groups is 1. The van der Waals surface area contributed by atoms with Crippen molar-refractivity contribution in [1.29, 1.82) is 0 Å². The highest BCUT2D eigenvalue weighted by atomic mass is 31.2. The topological polar surface area (TPSA) is 127 Å². The maximum Gasteiger partial charge on any atom is 0.469 e. The zero-order valence-corrected chi connectivity index (χ0v) is 7.26. The van der Waals surface area contributed by atoms with Gasteiger partial charge in [0, 0.05) is 0 Å². The fraction of sp³-hybridized carbons (Fsp3) is 0.600. The number of hydrogen-bond donors (Lipinski definition) is 5. The predicted molar refractivity (Wildman–Crippen MR) is 40.0 cm³/mol. The number of aliphatic hydroxyl groups excluding tert-OH is 1. The minimum absolute atomic E-state index is 1.08. The van der Waals surface area contributed by atoms with Crippen LogP contribution in [0.15, 0.2) is 0 Å². The molecule has 0 fully saturated rings. The number of aliphatic hydroxyl groups is 3. The van der Waals surface area contributed by atoms with Crippen molar-refractivity contribution in [2.75, 3.05) is 6.61 Å². The summed E-state index contributed by atoms with van der Waals surface area (Å²) in [6, 6.07) is 0. The quantitative estimate of drug-likeness (QED) is 0.203. The van der Waals surface area contributed by atoms with Crippen LogP contribution in [0.2, 0.25) is 0 Å². The molecule has 0 rings (SSSR count). The Morgan fingerprint density at radius 3 is 2.23 bits per heavy atom. The van der Waals surface area contributed by atoms with Crippen molar-refractivity contribution in [3.8, 4) is 12.3 Å². The van der Waals surface area contributed by atoms with Gasteiger partial charge in [-0.2, -0.15) is 0 Å². The maximum atomic E-state index is 10.1. The molecule has 0 heterocycles. The van der Waals surface area contributed by atoms with Gasteiger partial charge in [-0.15, -0.1) is 6.42 Å². The van der Waals surface area contributed by atoms with Crippen LogP contribution in [0.5, 0.6) is 0 Å². The van der Waals surface area contributed by atoms with Gasteiger partial charge in [-0.3, -0.25) is 4.52 Å². The summed E-state index contributed by atoms with van der Waals surface area (Å²) in [6.07, 6.45) is 2.34. The lowest BCUT2D eigenvalue weighted by Crippen LogP contribution is -2.44. The number of hydrogen-bond acceptors (Lipinski definition) is 5. The molecule has 0 aromatic carbocycles. The minimum atomic E-state index is -4.79. The molecular weight excluding hydrogens is 203 g/mol. The monoisotopic (exact) mass is 212 g/mol. The highest BCUT2D eigenvalue weighted by Crippen LogP contribution is 2.36. The molecule has 8 heteroatoms. The first-order chi connectivity index (χ1) is 5.71. The number of phosphoric acid groups is 1. The second kappa shape index (κ2) is 4.17. The van der Waals surface area contributed by atoms with Gasteiger partial charge in [0.25, 0.3) is 0 Å². The first kappa shape index (κ1) is 12.6. The summed E-state index contributed by atoms with van der Waals surface area (Å²) in [4.78, 5) is 16.4. The standard InChI is InChI=1S/C5H9O7P/c1-2-5(8,4(6)7)3-12-13(9,10)11/h1,4,6-8H,3H2,(H2,9,10,11)/t5-/m1/s1. The molecule has 7 nitrogen and oxygen atoms in total. The predicted octanol–water partition coefficient (Wildman–Crippen LogP) is -2.23. The van der Waals surface area contributed by atoms with Crippen molar-refractivity contribution in [3.05, 3.63) is 0 Å². The van der Waals surface area contributed by atoms with Gasteiger partial charge in [-0.1, -0.05) is 5.92 Å². The molecule has 0 radical (unpaired) electrons. The highest BCUT2D eigenvalue weighted by Gasteiger charge is 2.35. The van der Waals surface area contributed by atoms with E-state index in [1.165, 1.54) is 5.92 Å². The Morgan fingerprint density at radius 2 is 2.00 bits per heavy atom. The van der Waals surface area contributed by atoms with Crippen LogP contribution in [0, 0.1) is 12.3 Å². The van der Waals surface area contributed by atoms with Crippen molar-refractivity contribution in [2.45, 2.75) is 11.9 Å². The van der Waals surface area contributed by atoms with E-state index in [-0.39, 0.29) is 0 Å². The molecule has 0 unspecified atom stereocenters. The third kappa shape index (κ3) is 4.36. The molecule has 0 aliphatic carbocycles. The van der Waals surface area contributed by atoms with Crippen LogP contribution in [0.3, 0.4) is 0 Å². The molecule has 76 valence electrons. The van der Waals surface area contributed by atoms with Crippen LogP contribution in [0.4, 0.5) is 0 Å². The molecule has 0 saturated carbocycles. The molecule has 13 heavy (non-hydrogen) atoms. The summed E-state index contributed by atoms with van der Waals surface area (Å²) in [6.45, 7) is -1.08. The smallest absolute Gasteiger partial charge is 0.371 e. The van der Waals surface area contributed by atoms with Crippen molar-refractivity contribution < 1.29 is 34.2 Å². The Kier molecular flexibility index (Phi) is 4.03. The normalized spacial score (nSPS) is 16.7. The van der Waals surface area contributed by atoms with Crippen LogP contribution >= 0.6 is 7.82 Å². The fourth-order valence-electron chi connectivity index (χ4n) is 0.373. The van der Waals surface area contributed by atoms with Crippen LogP contribution < -0.4 is 0 Å². The van der Waals surface area contributed by atoms with E-state index < -0.39 is 26.3 Å². The molecule has 0 aliphatic rings. The van der Waals surface area contributed by atoms with Gasteiger partial charge in [0.2, 0.25) is 0 Å². The Morgan fingerprint density at radius 1 is 1.54 bits per heavy atom. The molecule has 0 aromatic heterocycles. The van der Waals surface area contributed by atoms with E-state index in [1.54, 1.807) is 0 Å². The summed E-state index contributed by atoms with van der Waals surface area (Å²) in [5, 5.41) is 26.1. The first-order valence-electron chi connectivity index (χ1n) is 2.97. The minimum Gasteiger partial charge on any atom is -0.371 e. The van der Waals surface area contributed by atoms with Crippen LogP contribution in [0.1, 0.15) is 0 Å². The summed E-state index contributed by atoms with van der Waals surface area (Å²) >= 11 is 0. The van der Waals surface area contributed by atoms with E-state index >= 15 is 0 Å². The molecule has 0 saturated heterocycles. The van der Waals surface area contributed by atoms with Crippen LogP contribution in [-0.4, -0.2) is 43.6 Å². The lowest BCUT2D eigenvalue weighted by molar-refractivity contribution is -0.168. The first-order valence-corrected chi connectivity index (χ1v) is 4.51. The van der Waals surface area contributed by atoms with Gasteiger partial charge in [0.1, 0.15) is 6.61 Å². The van der Waals surface area contributed by atoms with E-state index in [9.17, 15) is 4.57 Å². The number of terminal acetylenes is 1. The summed E-state index contributed by atoms with van der Waals surface area (Å²) in [5.41, 5.74) is -2.53. The van der Waals surface area contributed by atoms with Gasteiger partial charge < -0.3 is 25.1 Å². The SMILES string of the molecule is C#C[C@@](O)(COP(=O)(O)O)C(O)O. The maximum absolute atomic E-state index is 10.1. The van der Waals surface area contributed by atoms with Crippen molar-refractivity contribution in [1.82, 2.24) is 0 Å². The Bertz CT molecular complexity index is 250. The van der Waals surface area contributed by atoms with Crippen molar-refractivity contribution in [2.24, 2.45) is 0 Å². The third-order valence-corrected chi connectivity index (χ3v) is 1.60. The average molecular weight is 212 g/mol. The van der Waals surface area contributed by atoms with E-state index in [0.717, 1.165) is 0 Å². The molecule has 0 amide bonds. The summed E-state index contributed by atoms with van der Waals surface area (Å²) < 4.78 is 13.9. The second-order valence-corrected chi connectivity index (χ2v) is 3.45. The van der Waals surface area contributed by atoms with Crippen molar-refractivity contribution in [3.63, 3.8) is 0 Å². The van der Waals surface area contributed by atoms with E-state index in [0.29, 0.717) is 0 Å². The van der Waals surface area contributed by atoms with E-state index in [2.05, 4.69) is 10.9 Å². The zero-order chi connectivity index (χ0) is 10.7.